The molecular weight excluding hydrogens is 310 g/mol. The predicted molar refractivity (Wildman–Crippen MR) is 101 cm³/mol. The minimum Gasteiger partial charge on any atom is -0.508 e. The largest absolute Gasteiger partial charge is 0.508 e. The lowest BCUT2D eigenvalue weighted by atomic mass is 9.55. The number of aryl methyl sites for hydroxylation is 1. The number of nitrogens with one attached hydrogen (secondary N) is 1. The van der Waals surface area contributed by atoms with E-state index in [9.17, 15) is 5.11 Å². The summed E-state index contributed by atoms with van der Waals surface area (Å²) in [7, 11) is 0. The van der Waals surface area contributed by atoms with Crippen LogP contribution < -0.4 is 5.32 Å². The maximum atomic E-state index is 9.80. The van der Waals surface area contributed by atoms with Crippen LogP contribution in [-0.2, 0) is 6.42 Å². The molecule has 4 unspecified atom stereocenters. The fourth-order valence-corrected chi connectivity index (χ4v) is 6.13. The Bertz CT molecular complexity index is 668. The third-order valence-corrected chi connectivity index (χ3v) is 7.34. The number of hydrogen-bond donors (Lipinski definition) is 3. The molecule has 0 heterocycles. The Kier molecular flexibility index (Phi) is 4.63. The van der Waals surface area contributed by atoms with E-state index in [4.69, 9.17) is 5.11 Å². The molecule has 0 aromatic heterocycles. The number of rotatable bonds is 4. The highest BCUT2D eigenvalue weighted by atomic mass is 16.3. The average molecular weight is 341 g/mol. The van der Waals surface area contributed by atoms with Crippen LogP contribution in [0, 0.1) is 17.3 Å². The molecule has 2 fully saturated rings. The summed E-state index contributed by atoms with van der Waals surface area (Å²) in [5, 5.41) is 22.0. The zero-order valence-corrected chi connectivity index (χ0v) is 15.3. The van der Waals surface area contributed by atoms with E-state index < -0.39 is 0 Å². The van der Waals surface area contributed by atoms with Crippen LogP contribution in [0.4, 0.5) is 0 Å². The summed E-state index contributed by atoms with van der Waals surface area (Å²) in [6, 6.07) is 6.06. The van der Waals surface area contributed by atoms with E-state index in [1.807, 2.05) is 12.1 Å². The maximum absolute atomic E-state index is 9.80. The number of phenolic OH excluding ortho intramolecular Hbond substituents is 1. The zero-order chi connectivity index (χ0) is 17.4. The number of phenols is 1. The van der Waals surface area contributed by atoms with Gasteiger partial charge in [0, 0.05) is 13.1 Å². The first-order valence-electron chi connectivity index (χ1n) is 9.96. The second-order valence-corrected chi connectivity index (χ2v) is 8.45. The third-order valence-electron chi connectivity index (χ3n) is 7.34. The first-order valence-corrected chi connectivity index (χ1v) is 9.96. The molecule has 2 saturated carbocycles. The van der Waals surface area contributed by atoms with Crippen molar-refractivity contribution in [3.8, 4) is 5.75 Å². The van der Waals surface area contributed by atoms with Gasteiger partial charge in [0.25, 0.3) is 0 Å². The number of fused-ring (bicyclic) bond motifs is 5. The Balaban J connectivity index is 1.55. The number of aliphatic hydroxyl groups is 1. The Morgan fingerprint density at radius 1 is 1.24 bits per heavy atom. The van der Waals surface area contributed by atoms with Crippen molar-refractivity contribution >= 4 is 0 Å². The molecule has 0 spiro atoms. The summed E-state index contributed by atoms with van der Waals surface area (Å²) in [4.78, 5) is 0. The standard InChI is InChI=1S/C22H31NO2/c1-22-10-8-19-18-6-4-17(25)14-15(18)2-5-20(19)21(22)7-3-16(22)9-11-23-12-13-24/h4,6,9,14,19-21,23-25H,2-3,5,7-8,10-13H2,1H3. The van der Waals surface area contributed by atoms with Crippen molar-refractivity contribution in [2.45, 2.75) is 51.4 Å². The zero-order valence-electron chi connectivity index (χ0n) is 15.3. The van der Waals surface area contributed by atoms with Gasteiger partial charge in [-0.25, -0.2) is 0 Å². The third kappa shape index (κ3) is 2.92. The molecule has 4 atom stereocenters. The number of hydrogen-bond acceptors (Lipinski definition) is 3. The maximum Gasteiger partial charge on any atom is 0.115 e. The van der Waals surface area contributed by atoms with E-state index in [0.717, 1.165) is 24.8 Å². The monoisotopic (exact) mass is 341 g/mol. The van der Waals surface area contributed by atoms with Crippen molar-refractivity contribution in [2.75, 3.05) is 19.7 Å². The fraction of sp³-hybridized carbons (Fsp3) is 0.636. The lowest BCUT2D eigenvalue weighted by Crippen LogP contribution is -2.40. The van der Waals surface area contributed by atoms with Gasteiger partial charge in [-0.2, -0.15) is 0 Å². The SMILES string of the molecule is CC12CCC3c4ccc(O)cc4CCC3C1CCC2=CCNCCO. The molecule has 25 heavy (non-hydrogen) atoms. The van der Waals surface area contributed by atoms with Crippen molar-refractivity contribution in [3.05, 3.63) is 41.0 Å². The van der Waals surface area contributed by atoms with Gasteiger partial charge in [-0.05, 0) is 85.0 Å². The molecule has 3 nitrogen and oxygen atoms in total. The van der Waals surface area contributed by atoms with Crippen LogP contribution in [0.3, 0.4) is 0 Å². The molecule has 136 valence electrons. The van der Waals surface area contributed by atoms with Crippen LogP contribution in [0.15, 0.2) is 29.8 Å². The highest BCUT2D eigenvalue weighted by molar-refractivity contribution is 5.40. The summed E-state index contributed by atoms with van der Waals surface area (Å²) in [5.74, 6) is 2.71. The minimum absolute atomic E-state index is 0.210. The number of aliphatic hydroxyl groups excluding tert-OH is 1. The highest BCUT2D eigenvalue weighted by Gasteiger charge is 2.52. The van der Waals surface area contributed by atoms with Crippen LogP contribution >= 0.6 is 0 Å². The van der Waals surface area contributed by atoms with Crippen molar-refractivity contribution in [3.63, 3.8) is 0 Å². The lowest BCUT2D eigenvalue weighted by Gasteiger charge is -2.49. The van der Waals surface area contributed by atoms with E-state index in [2.05, 4.69) is 24.4 Å². The lowest BCUT2D eigenvalue weighted by molar-refractivity contribution is 0.0812. The topological polar surface area (TPSA) is 52.5 Å². The first-order chi connectivity index (χ1) is 12.1. The van der Waals surface area contributed by atoms with Gasteiger partial charge in [-0.1, -0.05) is 24.6 Å². The molecule has 0 amide bonds. The van der Waals surface area contributed by atoms with E-state index in [1.54, 1.807) is 5.57 Å². The van der Waals surface area contributed by atoms with Gasteiger partial charge in [0.1, 0.15) is 5.75 Å². The summed E-state index contributed by atoms with van der Waals surface area (Å²) >= 11 is 0. The van der Waals surface area contributed by atoms with Crippen LogP contribution in [0.5, 0.6) is 5.75 Å². The van der Waals surface area contributed by atoms with Gasteiger partial charge < -0.3 is 15.5 Å². The summed E-state index contributed by atoms with van der Waals surface area (Å²) in [6.07, 6.45) is 9.93. The molecular formula is C22H31NO2. The number of allylic oxidation sites excluding steroid dienone is 1. The fourth-order valence-electron chi connectivity index (χ4n) is 6.13. The molecule has 4 rings (SSSR count). The van der Waals surface area contributed by atoms with Crippen molar-refractivity contribution < 1.29 is 10.2 Å². The Hall–Kier alpha value is -1.32. The molecule has 1 aromatic rings. The molecule has 0 aliphatic heterocycles. The van der Waals surface area contributed by atoms with Crippen molar-refractivity contribution in [1.29, 1.82) is 0 Å². The number of benzene rings is 1. The molecule has 3 aliphatic carbocycles. The van der Waals surface area contributed by atoms with Gasteiger partial charge in [0.05, 0.1) is 6.61 Å². The van der Waals surface area contributed by atoms with Crippen molar-refractivity contribution in [1.82, 2.24) is 5.32 Å². The van der Waals surface area contributed by atoms with E-state index in [1.165, 1.54) is 43.2 Å². The molecule has 3 aliphatic rings. The summed E-state index contributed by atoms with van der Waals surface area (Å²) in [6.45, 7) is 4.28. The molecule has 0 radical (unpaired) electrons. The smallest absolute Gasteiger partial charge is 0.115 e. The van der Waals surface area contributed by atoms with Crippen LogP contribution in [-0.4, -0.2) is 29.9 Å². The molecule has 0 saturated heterocycles. The molecule has 3 N–H and O–H groups in total. The van der Waals surface area contributed by atoms with Gasteiger partial charge in [-0.15, -0.1) is 0 Å². The average Bonchev–Trinajstić information content (AvgIpc) is 2.95. The molecule has 1 aromatic carbocycles. The molecule has 0 bridgehead atoms. The van der Waals surface area contributed by atoms with Gasteiger partial charge in [0.2, 0.25) is 0 Å². The van der Waals surface area contributed by atoms with E-state index in [-0.39, 0.29) is 6.61 Å². The van der Waals surface area contributed by atoms with Crippen LogP contribution in [0.1, 0.15) is 56.1 Å². The minimum atomic E-state index is 0.210. The first kappa shape index (κ1) is 17.1. The van der Waals surface area contributed by atoms with Gasteiger partial charge >= 0.3 is 0 Å². The van der Waals surface area contributed by atoms with Crippen LogP contribution in [0.25, 0.3) is 0 Å². The second kappa shape index (κ2) is 6.77. The van der Waals surface area contributed by atoms with Crippen LogP contribution in [0.2, 0.25) is 0 Å². The normalized spacial score (nSPS) is 35.3. The predicted octanol–water partition coefficient (Wildman–Crippen LogP) is 3.76. The quantitative estimate of drug-likeness (QED) is 0.577. The van der Waals surface area contributed by atoms with Gasteiger partial charge in [-0.3, -0.25) is 0 Å². The summed E-state index contributed by atoms with van der Waals surface area (Å²) in [5.41, 5.74) is 4.92. The highest BCUT2D eigenvalue weighted by Crippen LogP contribution is 2.62. The van der Waals surface area contributed by atoms with Crippen molar-refractivity contribution in [2.24, 2.45) is 17.3 Å². The Morgan fingerprint density at radius 3 is 2.96 bits per heavy atom. The van der Waals surface area contributed by atoms with Gasteiger partial charge in [0.15, 0.2) is 0 Å². The summed E-state index contributed by atoms with van der Waals surface area (Å²) < 4.78 is 0. The van der Waals surface area contributed by atoms with E-state index >= 15 is 0 Å². The Morgan fingerprint density at radius 2 is 2.12 bits per heavy atom. The second-order valence-electron chi connectivity index (χ2n) is 8.45. The number of aromatic hydroxyl groups is 1. The van der Waals surface area contributed by atoms with E-state index in [0.29, 0.717) is 23.6 Å². The Labute approximate surface area is 151 Å². The molecule has 3 heteroatoms.